The predicted molar refractivity (Wildman–Crippen MR) is 169 cm³/mol. The molecule has 0 unspecified atom stereocenters. The second-order valence-corrected chi connectivity index (χ2v) is 12.6. The van der Waals surface area contributed by atoms with Crippen molar-refractivity contribution >= 4 is 34.8 Å². The van der Waals surface area contributed by atoms with Crippen LogP contribution in [-0.4, -0.2) is 0 Å². The molecule has 2 heteroatoms. The number of thiophene rings is 2. The van der Waals surface area contributed by atoms with Gasteiger partial charge in [-0.2, -0.15) is 0 Å². The monoisotopic (exact) mass is 528 g/mol. The largest absolute Gasteiger partial charge is 0.144 e. The SMILES string of the molecule is CCCCCCc1csc(C=Cc2scc(CCCCCC)c2CCCCCC)c1CCCCCC. The van der Waals surface area contributed by atoms with Gasteiger partial charge in [-0.15, -0.1) is 22.7 Å². The van der Waals surface area contributed by atoms with Crippen molar-refractivity contribution in [1.82, 2.24) is 0 Å². The molecule has 0 radical (unpaired) electrons. The van der Waals surface area contributed by atoms with Crippen molar-refractivity contribution < 1.29 is 0 Å². The van der Waals surface area contributed by atoms with E-state index in [1.54, 1.807) is 22.3 Å². The van der Waals surface area contributed by atoms with Crippen LogP contribution in [-0.2, 0) is 25.7 Å². The molecule has 0 aliphatic rings. The standard InChI is InChI=1S/C34H56S2/c1-5-9-13-17-21-29-27-35-33(31(29)23-19-15-11-7-3)25-26-34-32(24-20-16-12-8-4)30(28-36-34)22-18-14-10-6-2/h25-28H,5-24H2,1-4H3. The van der Waals surface area contributed by atoms with Crippen molar-refractivity contribution in [2.75, 3.05) is 0 Å². The van der Waals surface area contributed by atoms with Gasteiger partial charge < -0.3 is 0 Å². The lowest BCUT2D eigenvalue weighted by Gasteiger charge is -2.08. The molecule has 204 valence electrons. The molecule has 0 aliphatic heterocycles. The molecule has 2 heterocycles. The molecule has 0 bridgehead atoms. The van der Waals surface area contributed by atoms with E-state index in [4.69, 9.17) is 0 Å². The molecule has 2 aromatic rings. The molecule has 0 aromatic carbocycles. The van der Waals surface area contributed by atoms with Gasteiger partial charge in [-0.25, -0.2) is 0 Å². The van der Waals surface area contributed by atoms with Crippen LogP contribution >= 0.6 is 22.7 Å². The number of unbranched alkanes of at least 4 members (excludes halogenated alkanes) is 12. The summed E-state index contributed by atoms with van der Waals surface area (Å²) in [6.07, 6.45) is 31.7. The quantitative estimate of drug-likeness (QED) is 0.133. The molecule has 0 saturated heterocycles. The van der Waals surface area contributed by atoms with Gasteiger partial charge in [-0.3, -0.25) is 0 Å². The lowest BCUT2D eigenvalue weighted by molar-refractivity contribution is 0.652. The summed E-state index contributed by atoms with van der Waals surface area (Å²) in [5, 5.41) is 4.97. The molecule has 2 rings (SSSR count). The number of aryl methyl sites for hydroxylation is 2. The molecule has 0 atom stereocenters. The highest BCUT2D eigenvalue weighted by Crippen LogP contribution is 2.32. The van der Waals surface area contributed by atoms with Gasteiger partial charge in [-0.05, 0) is 96.5 Å². The van der Waals surface area contributed by atoms with Crippen molar-refractivity contribution in [2.45, 2.75) is 156 Å². The lowest BCUT2D eigenvalue weighted by Crippen LogP contribution is -1.94. The third-order valence-electron chi connectivity index (χ3n) is 7.57. The van der Waals surface area contributed by atoms with Crippen molar-refractivity contribution in [3.05, 3.63) is 42.8 Å². The molecule has 2 aromatic heterocycles. The van der Waals surface area contributed by atoms with Crippen molar-refractivity contribution in [2.24, 2.45) is 0 Å². The summed E-state index contributed by atoms with van der Waals surface area (Å²) >= 11 is 3.99. The Hall–Kier alpha value is -0.860. The number of rotatable bonds is 22. The Balaban J connectivity index is 2.16. The molecular formula is C34H56S2. The third kappa shape index (κ3) is 11.7. The van der Waals surface area contributed by atoms with Gasteiger partial charge in [0.05, 0.1) is 0 Å². The van der Waals surface area contributed by atoms with Crippen LogP contribution in [0.2, 0.25) is 0 Å². The first-order valence-electron chi connectivity index (χ1n) is 15.6. The Kier molecular flexibility index (Phi) is 17.5. The van der Waals surface area contributed by atoms with Gasteiger partial charge in [0.25, 0.3) is 0 Å². The van der Waals surface area contributed by atoms with E-state index in [1.807, 2.05) is 22.7 Å². The van der Waals surface area contributed by atoms with E-state index in [0.717, 1.165) is 0 Å². The molecule has 0 saturated carbocycles. The van der Waals surface area contributed by atoms with E-state index < -0.39 is 0 Å². The molecule has 0 amide bonds. The van der Waals surface area contributed by atoms with Crippen molar-refractivity contribution in [1.29, 1.82) is 0 Å². The second kappa shape index (κ2) is 20.1. The first-order valence-corrected chi connectivity index (χ1v) is 17.4. The van der Waals surface area contributed by atoms with E-state index in [2.05, 4.69) is 50.6 Å². The fourth-order valence-electron chi connectivity index (χ4n) is 5.23. The van der Waals surface area contributed by atoms with E-state index in [1.165, 1.54) is 138 Å². The fourth-order valence-corrected chi connectivity index (χ4v) is 7.33. The molecule has 36 heavy (non-hydrogen) atoms. The average Bonchev–Trinajstić information content (AvgIpc) is 3.46. The van der Waals surface area contributed by atoms with Crippen LogP contribution in [0.1, 0.15) is 162 Å². The number of hydrogen-bond donors (Lipinski definition) is 0. The summed E-state index contributed by atoms with van der Waals surface area (Å²) in [7, 11) is 0. The van der Waals surface area contributed by atoms with Crippen LogP contribution in [0.3, 0.4) is 0 Å². The Morgan fingerprint density at radius 3 is 1.11 bits per heavy atom. The topological polar surface area (TPSA) is 0 Å². The van der Waals surface area contributed by atoms with E-state index in [-0.39, 0.29) is 0 Å². The summed E-state index contributed by atoms with van der Waals surface area (Å²) in [5.41, 5.74) is 6.64. The fraction of sp³-hybridized carbons (Fsp3) is 0.706. The van der Waals surface area contributed by atoms with Crippen molar-refractivity contribution in [3.63, 3.8) is 0 Å². The lowest BCUT2D eigenvalue weighted by atomic mass is 9.97. The summed E-state index contributed by atoms with van der Waals surface area (Å²) in [4.78, 5) is 3.07. The van der Waals surface area contributed by atoms with Gasteiger partial charge in [0.2, 0.25) is 0 Å². The summed E-state index contributed by atoms with van der Waals surface area (Å²) in [6, 6.07) is 0. The first-order chi connectivity index (χ1) is 17.7. The second-order valence-electron chi connectivity index (χ2n) is 10.8. The van der Waals surface area contributed by atoms with Gasteiger partial charge in [0.15, 0.2) is 0 Å². The summed E-state index contributed by atoms with van der Waals surface area (Å²) < 4.78 is 0. The number of hydrogen-bond acceptors (Lipinski definition) is 2. The third-order valence-corrected chi connectivity index (χ3v) is 9.65. The maximum absolute atomic E-state index is 2.49. The first kappa shape index (κ1) is 31.4. The highest BCUT2D eigenvalue weighted by atomic mass is 32.1. The van der Waals surface area contributed by atoms with E-state index in [9.17, 15) is 0 Å². The van der Waals surface area contributed by atoms with Crippen molar-refractivity contribution in [3.8, 4) is 0 Å². The normalized spacial score (nSPS) is 11.8. The summed E-state index contributed by atoms with van der Waals surface area (Å²) in [5.74, 6) is 0. The highest BCUT2D eigenvalue weighted by molar-refractivity contribution is 7.12. The van der Waals surface area contributed by atoms with Crippen LogP contribution in [0, 0.1) is 0 Å². The van der Waals surface area contributed by atoms with Crippen LogP contribution < -0.4 is 0 Å². The Bertz CT molecular complexity index is 754. The summed E-state index contributed by atoms with van der Waals surface area (Å²) in [6.45, 7) is 9.26. The van der Waals surface area contributed by atoms with Crippen LogP contribution in [0.5, 0.6) is 0 Å². The smallest absolute Gasteiger partial charge is 0.0305 e. The Morgan fingerprint density at radius 2 is 0.778 bits per heavy atom. The zero-order chi connectivity index (χ0) is 25.8. The zero-order valence-electron chi connectivity index (χ0n) is 24.3. The van der Waals surface area contributed by atoms with Crippen LogP contribution in [0.15, 0.2) is 10.8 Å². The van der Waals surface area contributed by atoms with Gasteiger partial charge in [0, 0.05) is 9.75 Å². The van der Waals surface area contributed by atoms with Crippen LogP contribution in [0.4, 0.5) is 0 Å². The maximum Gasteiger partial charge on any atom is 0.0305 e. The van der Waals surface area contributed by atoms with Gasteiger partial charge in [-0.1, -0.05) is 105 Å². The zero-order valence-corrected chi connectivity index (χ0v) is 25.9. The molecule has 0 fully saturated rings. The minimum absolute atomic E-state index is 1.27. The minimum atomic E-state index is 1.27. The minimum Gasteiger partial charge on any atom is -0.144 e. The Labute approximate surface area is 233 Å². The average molecular weight is 529 g/mol. The molecule has 0 N–H and O–H groups in total. The molecular weight excluding hydrogens is 473 g/mol. The highest BCUT2D eigenvalue weighted by Gasteiger charge is 2.12. The Morgan fingerprint density at radius 1 is 0.444 bits per heavy atom. The molecule has 0 nitrogen and oxygen atoms in total. The molecule has 0 spiro atoms. The molecule has 0 aliphatic carbocycles. The van der Waals surface area contributed by atoms with Crippen LogP contribution in [0.25, 0.3) is 12.2 Å². The predicted octanol–water partition coefficient (Wildman–Crippen LogP) is 12.5. The maximum atomic E-state index is 2.49. The van der Waals surface area contributed by atoms with Gasteiger partial charge in [0.1, 0.15) is 0 Å². The van der Waals surface area contributed by atoms with E-state index in [0.29, 0.717) is 0 Å². The van der Waals surface area contributed by atoms with Gasteiger partial charge >= 0.3 is 0 Å². The van der Waals surface area contributed by atoms with E-state index >= 15 is 0 Å².